The molecule has 0 radical (unpaired) electrons. The number of nitrogens with one attached hydrogen (secondary N) is 1. The first kappa shape index (κ1) is 24.2. The summed E-state index contributed by atoms with van der Waals surface area (Å²) in [6, 6.07) is 7.18. The molecule has 0 aromatic heterocycles. The molecule has 0 saturated carbocycles. The molecule has 1 aromatic carbocycles. The summed E-state index contributed by atoms with van der Waals surface area (Å²) in [6.45, 7) is 4.01. The first-order valence-corrected chi connectivity index (χ1v) is 10.4. The van der Waals surface area contributed by atoms with Crippen LogP contribution < -0.4 is 16.8 Å². The molecule has 0 fully saturated rings. The van der Waals surface area contributed by atoms with Gasteiger partial charge in [-0.15, -0.1) is 0 Å². The van der Waals surface area contributed by atoms with Gasteiger partial charge in [-0.05, 0) is 66.1 Å². The first-order valence-electron chi connectivity index (χ1n) is 9.36. The Morgan fingerprint density at radius 3 is 2.68 bits per heavy atom. The minimum absolute atomic E-state index is 0.0296. The summed E-state index contributed by atoms with van der Waals surface area (Å²) in [7, 11) is 0. The van der Waals surface area contributed by atoms with Crippen LogP contribution in [0, 0.1) is 3.57 Å². The average Bonchev–Trinajstić information content (AvgIpc) is 2.61. The molecule has 6 N–H and O–H groups in total. The molecule has 0 aliphatic heterocycles. The standard InChI is InChI=1S/C19H30IN5O3/c1-2-3-10-25(12-14-6-4-7-15(20)11-14)13-17(26)24-16(18(27)28)8-5-9-23-19(21)22/h4,6-7,11,16H,2-3,5,8-10,12-13H2,1H3,(H,24,26)(H,27,28)(H4,21,22,23)/t16-/m0/s1. The van der Waals surface area contributed by atoms with E-state index in [2.05, 4.69) is 45.9 Å². The molecular formula is C19H30IN5O3. The molecule has 0 heterocycles. The maximum absolute atomic E-state index is 12.4. The number of amides is 1. The van der Waals surface area contributed by atoms with Crippen LogP contribution in [-0.4, -0.2) is 53.5 Å². The van der Waals surface area contributed by atoms with Crippen molar-refractivity contribution in [2.75, 3.05) is 19.6 Å². The molecule has 8 nitrogen and oxygen atoms in total. The number of aliphatic imine (C=N–C) groups is 1. The number of carboxylic acid groups (broad SMARTS) is 1. The summed E-state index contributed by atoms with van der Waals surface area (Å²) >= 11 is 2.26. The smallest absolute Gasteiger partial charge is 0.326 e. The molecule has 0 aliphatic rings. The van der Waals surface area contributed by atoms with Crippen LogP contribution in [0.1, 0.15) is 38.2 Å². The van der Waals surface area contributed by atoms with E-state index in [1.807, 2.05) is 23.1 Å². The van der Waals surface area contributed by atoms with Crippen molar-refractivity contribution in [1.82, 2.24) is 10.2 Å². The second-order valence-corrected chi connectivity index (χ2v) is 7.85. The Balaban J connectivity index is 2.63. The van der Waals surface area contributed by atoms with E-state index >= 15 is 0 Å². The van der Waals surface area contributed by atoms with Crippen LogP contribution in [0.5, 0.6) is 0 Å². The van der Waals surface area contributed by atoms with Crippen LogP contribution in [0.4, 0.5) is 0 Å². The number of nitrogens with two attached hydrogens (primary N) is 2. The number of hydrogen-bond acceptors (Lipinski definition) is 4. The van der Waals surface area contributed by atoms with Crippen molar-refractivity contribution in [2.24, 2.45) is 16.5 Å². The van der Waals surface area contributed by atoms with Gasteiger partial charge >= 0.3 is 5.97 Å². The zero-order chi connectivity index (χ0) is 20.9. The summed E-state index contributed by atoms with van der Waals surface area (Å²) in [5.41, 5.74) is 11.6. The fraction of sp³-hybridized carbons (Fsp3) is 0.526. The Morgan fingerprint density at radius 2 is 2.07 bits per heavy atom. The highest BCUT2D eigenvalue weighted by Gasteiger charge is 2.21. The van der Waals surface area contributed by atoms with Crippen molar-refractivity contribution in [3.05, 3.63) is 33.4 Å². The lowest BCUT2D eigenvalue weighted by Crippen LogP contribution is -2.45. The van der Waals surface area contributed by atoms with Crippen molar-refractivity contribution >= 4 is 40.4 Å². The van der Waals surface area contributed by atoms with Crippen LogP contribution >= 0.6 is 22.6 Å². The van der Waals surface area contributed by atoms with E-state index in [1.165, 1.54) is 0 Å². The maximum Gasteiger partial charge on any atom is 0.326 e. The zero-order valence-electron chi connectivity index (χ0n) is 16.2. The third kappa shape index (κ3) is 10.5. The predicted molar refractivity (Wildman–Crippen MR) is 119 cm³/mol. The second-order valence-electron chi connectivity index (χ2n) is 6.60. The third-order valence-electron chi connectivity index (χ3n) is 4.07. The van der Waals surface area contributed by atoms with E-state index in [-0.39, 0.29) is 24.8 Å². The number of nitrogens with zero attached hydrogens (tertiary/aromatic N) is 2. The quantitative estimate of drug-likeness (QED) is 0.140. The number of carbonyl (C=O) groups is 2. The molecule has 0 aliphatic carbocycles. The minimum Gasteiger partial charge on any atom is -0.480 e. The van der Waals surface area contributed by atoms with Crippen LogP contribution in [0.3, 0.4) is 0 Å². The zero-order valence-corrected chi connectivity index (χ0v) is 18.4. The molecular weight excluding hydrogens is 473 g/mol. The van der Waals surface area contributed by atoms with Crippen LogP contribution in [0.15, 0.2) is 29.3 Å². The van der Waals surface area contributed by atoms with Crippen molar-refractivity contribution in [3.63, 3.8) is 0 Å². The fourth-order valence-electron chi connectivity index (χ4n) is 2.69. The SMILES string of the molecule is CCCCN(CC(=O)N[C@@H](CCCN=C(N)N)C(=O)O)Cc1cccc(I)c1. The summed E-state index contributed by atoms with van der Waals surface area (Å²) in [5.74, 6) is -1.38. The molecule has 28 heavy (non-hydrogen) atoms. The third-order valence-corrected chi connectivity index (χ3v) is 4.74. The summed E-state index contributed by atoms with van der Waals surface area (Å²) in [6.07, 6.45) is 2.73. The number of aliphatic carboxylic acids is 1. The lowest BCUT2D eigenvalue weighted by atomic mass is 10.1. The van der Waals surface area contributed by atoms with Gasteiger partial charge in [-0.2, -0.15) is 0 Å². The topological polar surface area (TPSA) is 134 Å². The van der Waals surface area contributed by atoms with E-state index in [0.29, 0.717) is 19.5 Å². The molecule has 0 bridgehead atoms. The van der Waals surface area contributed by atoms with Gasteiger partial charge in [0.05, 0.1) is 6.54 Å². The predicted octanol–water partition coefficient (Wildman–Crippen LogP) is 1.52. The van der Waals surface area contributed by atoms with E-state index < -0.39 is 12.0 Å². The van der Waals surface area contributed by atoms with Gasteiger partial charge in [-0.3, -0.25) is 14.7 Å². The lowest BCUT2D eigenvalue weighted by molar-refractivity contribution is -0.142. The molecule has 156 valence electrons. The molecule has 0 spiro atoms. The average molecular weight is 503 g/mol. The van der Waals surface area contributed by atoms with Gasteiger partial charge in [-0.1, -0.05) is 25.5 Å². The molecule has 1 rings (SSSR count). The second kappa shape index (κ2) is 13.3. The van der Waals surface area contributed by atoms with E-state index in [1.54, 1.807) is 0 Å². The number of unbranched alkanes of at least 4 members (excludes halogenated alkanes) is 1. The van der Waals surface area contributed by atoms with Crippen molar-refractivity contribution in [3.8, 4) is 0 Å². The molecule has 0 unspecified atom stereocenters. The van der Waals surface area contributed by atoms with Gasteiger partial charge in [0.25, 0.3) is 0 Å². The van der Waals surface area contributed by atoms with Gasteiger partial charge in [-0.25, -0.2) is 4.79 Å². The Hall–Kier alpha value is -1.88. The molecule has 1 amide bonds. The normalized spacial score (nSPS) is 11.8. The number of guanidine groups is 1. The maximum atomic E-state index is 12.4. The van der Waals surface area contributed by atoms with Gasteiger partial charge in [0, 0.05) is 16.7 Å². The van der Waals surface area contributed by atoms with Crippen molar-refractivity contribution in [2.45, 2.75) is 45.2 Å². The number of benzene rings is 1. The van der Waals surface area contributed by atoms with E-state index in [0.717, 1.165) is 28.5 Å². The summed E-state index contributed by atoms with van der Waals surface area (Å²) in [4.78, 5) is 29.8. The Bertz CT molecular complexity index is 665. The van der Waals surface area contributed by atoms with Gasteiger partial charge in [0.1, 0.15) is 6.04 Å². The van der Waals surface area contributed by atoms with Gasteiger partial charge in [0.15, 0.2) is 5.96 Å². The Kier molecular flexibility index (Phi) is 11.5. The van der Waals surface area contributed by atoms with E-state index in [4.69, 9.17) is 11.5 Å². The van der Waals surface area contributed by atoms with E-state index in [9.17, 15) is 14.7 Å². The number of carboxylic acids is 1. The molecule has 1 aromatic rings. The molecule has 0 saturated heterocycles. The number of hydrogen-bond donors (Lipinski definition) is 4. The monoisotopic (exact) mass is 503 g/mol. The lowest BCUT2D eigenvalue weighted by Gasteiger charge is -2.23. The Morgan fingerprint density at radius 1 is 1.32 bits per heavy atom. The Labute approximate surface area is 179 Å². The summed E-state index contributed by atoms with van der Waals surface area (Å²) in [5, 5.41) is 12.0. The highest BCUT2D eigenvalue weighted by Crippen LogP contribution is 2.11. The van der Waals surface area contributed by atoms with Crippen LogP contribution in [-0.2, 0) is 16.1 Å². The highest BCUT2D eigenvalue weighted by atomic mass is 127. The van der Waals surface area contributed by atoms with Gasteiger partial charge < -0.3 is 21.9 Å². The van der Waals surface area contributed by atoms with Gasteiger partial charge in [0.2, 0.25) is 5.91 Å². The number of rotatable bonds is 13. The minimum atomic E-state index is -1.06. The van der Waals surface area contributed by atoms with Crippen molar-refractivity contribution < 1.29 is 14.7 Å². The largest absolute Gasteiger partial charge is 0.480 e. The fourth-order valence-corrected chi connectivity index (χ4v) is 3.30. The molecule has 9 heteroatoms. The van der Waals surface area contributed by atoms with Crippen LogP contribution in [0.25, 0.3) is 0 Å². The van der Waals surface area contributed by atoms with Crippen LogP contribution in [0.2, 0.25) is 0 Å². The number of carbonyl (C=O) groups excluding carboxylic acids is 1. The molecule has 1 atom stereocenters. The number of halogens is 1. The summed E-state index contributed by atoms with van der Waals surface area (Å²) < 4.78 is 1.14. The first-order chi connectivity index (χ1) is 13.3. The highest BCUT2D eigenvalue weighted by molar-refractivity contribution is 14.1. The van der Waals surface area contributed by atoms with Crippen molar-refractivity contribution in [1.29, 1.82) is 0 Å².